The van der Waals surface area contributed by atoms with E-state index >= 15 is 0 Å². The Balaban J connectivity index is 1.89. The second-order valence-corrected chi connectivity index (χ2v) is 4.77. The van der Waals surface area contributed by atoms with Gasteiger partial charge in [0.2, 0.25) is 0 Å². The summed E-state index contributed by atoms with van der Waals surface area (Å²) in [5, 5.41) is 5.86. The van der Waals surface area contributed by atoms with Crippen LogP contribution in [0.2, 0.25) is 0 Å². The SMILES string of the molecule is CCCOC(=O)c1ccc(NC(=O)C2CNCCO2)cc1. The van der Waals surface area contributed by atoms with Gasteiger partial charge in [0.05, 0.1) is 18.8 Å². The van der Waals surface area contributed by atoms with Gasteiger partial charge in [-0.15, -0.1) is 0 Å². The molecule has 0 spiro atoms. The van der Waals surface area contributed by atoms with E-state index in [1.54, 1.807) is 24.3 Å². The molecule has 1 aliphatic rings. The first-order valence-corrected chi connectivity index (χ1v) is 7.11. The summed E-state index contributed by atoms with van der Waals surface area (Å²) in [6.07, 6.45) is 0.308. The number of rotatable bonds is 5. The summed E-state index contributed by atoms with van der Waals surface area (Å²) >= 11 is 0. The molecule has 0 bridgehead atoms. The average molecular weight is 292 g/mol. The first-order valence-electron chi connectivity index (χ1n) is 7.11. The molecule has 1 atom stereocenters. The molecule has 0 radical (unpaired) electrons. The number of hydrogen-bond donors (Lipinski definition) is 2. The summed E-state index contributed by atoms with van der Waals surface area (Å²) in [5.41, 5.74) is 1.10. The Hall–Kier alpha value is -1.92. The van der Waals surface area contributed by atoms with Gasteiger partial charge in [-0.25, -0.2) is 4.79 Å². The summed E-state index contributed by atoms with van der Waals surface area (Å²) in [6, 6.07) is 6.62. The molecule has 2 rings (SSSR count). The third kappa shape index (κ3) is 4.54. The fourth-order valence-corrected chi connectivity index (χ4v) is 1.92. The molecule has 1 aliphatic heterocycles. The Bertz CT molecular complexity index is 481. The van der Waals surface area contributed by atoms with Crippen LogP contribution in [0.5, 0.6) is 0 Å². The summed E-state index contributed by atoms with van der Waals surface area (Å²) in [4.78, 5) is 23.6. The number of carbonyl (C=O) groups excluding carboxylic acids is 2. The smallest absolute Gasteiger partial charge is 0.338 e. The highest BCUT2D eigenvalue weighted by Crippen LogP contribution is 2.12. The van der Waals surface area contributed by atoms with E-state index in [1.807, 2.05) is 6.92 Å². The topological polar surface area (TPSA) is 76.7 Å². The van der Waals surface area contributed by atoms with Crippen LogP contribution in [-0.2, 0) is 14.3 Å². The summed E-state index contributed by atoms with van der Waals surface area (Å²) in [6.45, 7) is 4.14. The quantitative estimate of drug-likeness (QED) is 0.797. The third-order valence-corrected chi connectivity index (χ3v) is 3.05. The zero-order valence-electron chi connectivity index (χ0n) is 12.1. The molecule has 0 aromatic heterocycles. The van der Waals surface area contributed by atoms with Crippen molar-refractivity contribution in [3.63, 3.8) is 0 Å². The van der Waals surface area contributed by atoms with Crippen LogP contribution in [-0.4, -0.2) is 44.3 Å². The number of esters is 1. The van der Waals surface area contributed by atoms with E-state index in [1.165, 1.54) is 0 Å². The minimum atomic E-state index is -0.479. The molecule has 2 N–H and O–H groups in total. The van der Waals surface area contributed by atoms with Crippen molar-refractivity contribution < 1.29 is 19.1 Å². The van der Waals surface area contributed by atoms with Crippen LogP contribution in [0.4, 0.5) is 5.69 Å². The van der Waals surface area contributed by atoms with Crippen molar-refractivity contribution in [3.05, 3.63) is 29.8 Å². The molecular formula is C15H20N2O4. The lowest BCUT2D eigenvalue weighted by Crippen LogP contribution is -2.45. The highest BCUT2D eigenvalue weighted by atomic mass is 16.5. The van der Waals surface area contributed by atoms with Gasteiger partial charge in [-0.3, -0.25) is 4.79 Å². The Kier molecular flexibility index (Phi) is 5.71. The van der Waals surface area contributed by atoms with Crippen LogP contribution in [0.3, 0.4) is 0 Å². The number of amides is 1. The summed E-state index contributed by atoms with van der Waals surface area (Å²) in [7, 11) is 0. The largest absolute Gasteiger partial charge is 0.462 e. The van der Waals surface area contributed by atoms with Crippen LogP contribution in [0.15, 0.2) is 24.3 Å². The van der Waals surface area contributed by atoms with E-state index in [0.29, 0.717) is 31.0 Å². The Morgan fingerprint density at radius 3 is 2.76 bits per heavy atom. The second-order valence-electron chi connectivity index (χ2n) is 4.77. The average Bonchev–Trinajstić information content (AvgIpc) is 2.54. The van der Waals surface area contributed by atoms with E-state index in [2.05, 4.69) is 10.6 Å². The molecule has 1 aromatic carbocycles. The van der Waals surface area contributed by atoms with E-state index in [-0.39, 0.29) is 11.9 Å². The first kappa shape index (κ1) is 15.5. The van der Waals surface area contributed by atoms with Crippen molar-refractivity contribution in [1.29, 1.82) is 0 Å². The molecule has 0 saturated carbocycles. The number of benzene rings is 1. The number of hydrogen-bond acceptors (Lipinski definition) is 5. The van der Waals surface area contributed by atoms with Crippen molar-refractivity contribution >= 4 is 17.6 Å². The molecule has 1 saturated heterocycles. The molecule has 1 heterocycles. The molecule has 1 fully saturated rings. The molecular weight excluding hydrogens is 272 g/mol. The van der Waals surface area contributed by atoms with Crippen molar-refractivity contribution in [1.82, 2.24) is 5.32 Å². The lowest BCUT2D eigenvalue weighted by atomic mass is 10.2. The Labute approximate surface area is 123 Å². The van der Waals surface area contributed by atoms with Crippen LogP contribution < -0.4 is 10.6 Å². The minimum absolute atomic E-state index is 0.191. The predicted octanol–water partition coefficient (Wildman–Crippen LogP) is 1.18. The van der Waals surface area contributed by atoms with Crippen LogP contribution in [0.1, 0.15) is 23.7 Å². The monoisotopic (exact) mass is 292 g/mol. The van der Waals surface area contributed by atoms with Crippen molar-refractivity contribution in [2.24, 2.45) is 0 Å². The Morgan fingerprint density at radius 1 is 1.38 bits per heavy atom. The number of nitrogens with one attached hydrogen (secondary N) is 2. The lowest BCUT2D eigenvalue weighted by molar-refractivity contribution is -0.128. The van der Waals surface area contributed by atoms with Gasteiger partial charge in [0.15, 0.2) is 0 Å². The maximum absolute atomic E-state index is 12.0. The fourth-order valence-electron chi connectivity index (χ4n) is 1.92. The molecule has 6 heteroatoms. The number of anilines is 1. The minimum Gasteiger partial charge on any atom is -0.462 e. The van der Waals surface area contributed by atoms with Crippen molar-refractivity contribution in [2.75, 3.05) is 31.6 Å². The van der Waals surface area contributed by atoms with Gasteiger partial charge in [0, 0.05) is 18.8 Å². The van der Waals surface area contributed by atoms with E-state index in [9.17, 15) is 9.59 Å². The first-order chi connectivity index (χ1) is 10.2. The molecule has 21 heavy (non-hydrogen) atoms. The fraction of sp³-hybridized carbons (Fsp3) is 0.467. The third-order valence-electron chi connectivity index (χ3n) is 3.05. The number of carbonyl (C=O) groups is 2. The van der Waals surface area contributed by atoms with E-state index < -0.39 is 6.10 Å². The lowest BCUT2D eigenvalue weighted by Gasteiger charge is -2.22. The second kappa shape index (κ2) is 7.75. The standard InChI is InChI=1S/C15H20N2O4/c1-2-8-21-15(19)11-3-5-12(6-4-11)17-14(18)13-10-16-7-9-20-13/h3-6,13,16H,2,7-10H2,1H3,(H,17,18). The van der Waals surface area contributed by atoms with Crippen LogP contribution >= 0.6 is 0 Å². The van der Waals surface area contributed by atoms with Gasteiger partial charge in [0.1, 0.15) is 6.10 Å². The van der Waals surface area contributed by atoms with Gasteiger partial charge >= 0.3 is 5.97 Å². The normalized spacial score (nSPS) is 18.0. The maximum atomic E-state index is 12.0. The number of morpholine rings is 1. The Morgan fingerprint density at radius 2 is 2.14 bits per heavy atom. The summed E-state index contributed by atoms with van der Waals surface area (Å²) < 4.78 is 10.4. The van der Waals surface area contributed by atoms with Crippen LogP contribution in [0.25, 0.3) is 0 Å². The van der Waals surface area contributed by atoms with Gasteiger partial charge in [0.25, 0.3) is 5.91 Å². The van der Waals surface area contributed by atoms with Gasteiger partial charge in [-0.05, 0) is 30.7 Å². The zero-order chi connectivity index (χ0) is 15.1. The highest BCUT2D eigenvalue weighted by Gasteiger charge is 2.21. The molecule has 1 amide bonds. The van der Waals surface area contributed by atoms with Crippen molar-refractivity contribution in [3.8, 4) is 0 Å². The van der Waals surface area contributed by atoms with E-state index in [4.69, 9.17) is 9.47 Å². The summed E-state index contributed by atoms with van der Waals surface area (Å²) in [5.74, 6) is -0.543. The molecule has 114 valence electrons. The van der Waals surface area contributed by atoms with Gasteiger partial charge < -0.3 is 20.1 Å². The van der Waals surface area contributed by atoms with Crippen molar-refractivity contribution in [2.45, 2.75) is 19.4 Å². The number of ether oxygens (including phenoxy) is 2. The molecule has 6 nitrogen and oxygen atoms in total. The van der Waals surface area contributed by atoms with E-state index in [0.717, 1.165) is 13.0 Å². The molecule has 1 unspecified atom stereocenters. The maximum Gasteiger partial charge on any atom is 0.338 e. The zero-order valence-corrected chi connectivity index (χ0v) is 12.1. The predicted molar refractivity (Wildman–Crippen MR) is 78.3 cm³/mol. The van der Waals surface area contributed by atoms with Gasteiger partial charge in [-0.1, -0.05) is 6.92 Å². The van der Waals surface area contributed by atoms with Gasteiger partial charge in [-0.2, -0.15) is 0 Å². The highest BCUT2D eigenvalue weighted by molar-refractivity contribution is 5.95. The van der Waals surface area contributed by atoms with Crippen LogP contribution in [0, 0.1) is 0 Å². The molecule has 0 aliphatic carbocycles. The molecule has 1 aromatic rings.